The van der Waals surface area contributed by atoms with Crippen LogP contribution in [0.2, 0.25) is 0 Å². The fourth-order valence-corrected chi connectivity index (χ4v) is 3.96. The molecule has 0 aliphatic heterocycles. The zero-order valence-electron chi connectivity index (χ0n) is 9.17. The maximum atomic E-state index is 3.93. The lowest BCUT2D eigenvalue weighted by atomic mass is 9.71. The van der Waals surface area contributed by atoms with E-state index in [2.05, 4.69) is 5.32 Å². The minimum absolute atomic E-state index is 0.885. The third kappa shape index (κ3) is 1.60. The largest absolute Gasteiger partial charge is 0.311 e. The SMILES string of the molecule is C1CCC(NC2C[C@H]3CCC[C@@H]23)CC1. The van der Waals surface area contributed by atoms with Gasteiger partial charge in [-0.15, -0.1) is 0 Å². The van der Waals surface area contributed by atoms with E-state index < -0.39 is 0 Å². The second-order valence-electron chi connectivity index (χ2n) is 5.70. The highest BCUT2D eigenvalue weighted by Gasteiger charge is 2.43. The predicted molar refractivity (Wildman–Crippen MR) is 59.2 cm³/mol. The van der Waals surface area contributed by atoms with Crippen molar-refractivity contribution >= 4 is 0 Å². The van der Waals surface area contributed by atoms with Crippen molar-refractivity contribution in [2.75, 3.05) is 0 Å². The minimum atomic E-state index is 0.885. The first kappa shape index (κ1) is 9.21. The van der Waals surface area contributed by atoms with Gasteiger partial charge in [0.05, 0.1) is 0 Å². The molecule has 1 N–H and O–H groups in total. The Hall–Kier alpha value is -0.0400. The van der Waals surface area contributed by atoms with Crippen LogP contribution in [0.15, 0.2) is 0 Å². The Labute approximate surface area is 87.7 Å². The van der Waals surface area contributed by atoms with Gasteiger partial charge in [0, 0.05) is 12.1 Å². The van der Waals surface area contributed by atoms with Crippen LogP contribution in [0.25, 0.3) is 0 Å². The van der Waals surface area contributed by atoms with E-state index in [1.807, 2.05) is 0 Å². The van der Waals surface area contributed by atoms with Gasteiger partial charge in [-0.25, -0.2) is 0 Å². The second-order valence-corrected chi connectivity index (χ2v) is 5.70. The summed E-state index contributed by atoms with van der Waals surface area (Å²) < 4.78 is 0. The fraction of sp³-hybridized carbons (Fsp3) is 1.00. The van der Waals surface area contributed by atoms with Crippen molar-refractivity contribution in [1.82, 2.24) is 5.32 Å². The lowest BCUT2D eigenvalue weighted by molar-refractivity contribution is 0.118. The Bertz CT molecular complexity index is 195. The first-order valence-electron chi connectivity index (χ1n) is 6.69. The van der Waals surface area contributed by atoms with Gasteiger partial charge in [-0.05, 0) is 37.5 Å². The zero-order valence-corrected chi connectivity index (χ0v) is 9.17. The van der Waals surface area contributed by atoms with Crippen LogP contribution in [0.5, 0.6) is 0 Å². The molecule has 0 aromatic carbocycles. The van der Waals surface area contributed by atoms with E-state index in [1.54, 1.807) is 0 Å². The van der Waals surface area contributed by atoms with Gasteiger partial charge in [0.1, 0.15) is 0 Å². The summed E-state index contributed by atoms with van der Waals surface area (Å²) in [6, 6.07) is 1.81. The van der Waals surface area contributed by atoms with E-state index in [1.165, 1.54) is 57.8 Å². The molecule has 1 unspecified atom stereocenters. The Kier molecular flexibility index (Phi) is 2.53. The van der Waals surface area contributed by atoms with Crippen LogP contribution in [0.4, 0.5) is 0 Å². The average molecular weight is 193 g/mol. The van der Waals surface area contributed by atoms with E-state index in [-0.39, 0.29) is 0 Å². The third-order valence-corrected chi connectivity index (χ3v) is 4.85. The molecule has 0 aromatic rings. The highest BCUT2D eigenvalue weighted by atomic mass is 15.0. The molecule has 1 heteroatoms. The minimum Gasteiger partial charge on any atom is -0.311 e. The Morgan fingerprint density at radius 2 is 1.64 bits per heavy atom. The zero-order chi connectivity index (χ0) is 9.38. The molecule has 0 heterocycles. The first-order chi connectivity index (χ1) is 6.93. The van der Waals surface area contributed by atoms with E-state index in [0.717, 1.165) is 23.9 Å². The van der Waals surface area contributed by atoms with Crippen LogP contribution in [-0.4, -0.2) is 12.1 Å². The molecular weight excluding hydrogens is 170 g/mol. The standard InChI is InChI=1S/C13H23N/c1-2-6-11(7-3-1)14-13-9-10-5-4-8-12(10)13/h10-14H,1-9H2/t10-,12-,13?/m1/s1. The quantitative estimate of drug-likeness (QED) is 0.710. The topological polar surface area (TPSA) is 12.0 Å². The van der Waals surface area contributed by atoms with Gasteiger partial charge in [-0.1, -0.05) is 32.1 Å². The number of hydrogen-bond acceptors (Lipinski definition) is 1. The summed E-state index contributed by atoms with van der Waals surface area (Å²) in [5.74, 6) is 2.20. The van der Waals surface area contributed by atoms with Gasteiger partial charge < -0.3 is 5.32 Å². The van der Waals surface area contributed by atoms with Crippen molar-refractivity contribution in [1.29, 1.82) is 0 Å². The average Bonchev–Trinajstić information content (AvgIpc) is 2.58. The van der Waals surface area contributed by atoms with Crippen molar-refractivity contribution in [2.45, 2.75) is 69.9 Å². The predicted octanol–water partition coefficient (Wildman–Crippen LogP) is 3.10. The monoisotopic (exact) mass is 193 g/mol. The number of rotatable bonds is 2. The van der Waals surface area contributed by atoms with Crippen molar-refractivity contribution in [3.63, 3.8) is 0 Å². The van der Waals surface area contributed by atoms with Crippen molar-refractivity contribution in [3.8, 4) is 0 Å². The molecule has 80 valence electrons. The van der Waals surface area contributed by atoms with Crippen LogP contribution < -0.4 is 5.32 Å². The van der Waals surface area contributed by atoms with Crippen LogP contribution in [0.1, 0.15) is 57.8 Å². The molecule has 0 spiro atoms. The summed E-state index contributed by atoms with van der Waals surface area (Å²) in [4.78, 5) is 0. The molecular formula is C13H23N. The maximum Gasteiger partial charge on any atom is 0.0103 e. The van der Waals surface area contributed by atoms with Crippen LogP contribution in [-0.2, 0) is 0 Å². The number of fused-ring (bicyclic) bond motifs is 1. The van der Waals surface area contributed by atoms with E-state index in [0.29, 0.717) is 0 Å². The summed E-state index contributed by atoms with van der Waals surface area (Å²) in [5.41, 5.74) is 0. The Balaban J connectivity index is 1.48. The van der Waals surface area contributed by atoms with Gasteiger partial charge >= 0.3 is 0 Å². The molecule has 3 aliphatic rings. The molecule has 3 saturated carbocycles. The maximum absolute atomic E-state index is 3.93. The molecule has 0 aromatic heterocycles. The van der Waals surface area contributed by atoms with E-state index in [9.17, 15) is 0 Å². The smallest absolute Gasteiger partial charge is 0.0103 e. The molecule has 14 heavy (non-hydrogen) atoms. The normalized spacial score (nSPS) is 43.3. The molecule has 3 rings (SSSR count). The highest BCUT2D eigenvalue weighted by molar-refractivity contribution is 4.99. The lowest BCUT2D eigenvalue weighted by Crippen LogP contribution is -2.52. The van der Waals surface area contributed by atoms with E-state index >= 15 is 0 Å². The second kappa shape index (κ2) is 3.84. The lowest BCUT2D eigenvalue weighted by Gasteiger charge is -2.43. The molecule has 3 aliphatic carbocycles. The summed E-state index contributed by atoms with van der Waals surface area (Å²) in [6.45, 7) is 0. The van der Waals surface area contributed by atoms with Crippen LogP contribution >= 0.6 is 0 Å². The molecule has 0 saturated heterocycles. The van der Waals surface area contributed by atoms with Crippen molar-refractivity contribution in [2.24, 2.45) is 11.8 Å². The molecule has 3 atom stereocenters. The Morgan fingerprint density at radius 3 is 2.43 bits per heavy atom. The highest BCUT2D eigenvalue weighted by Crippen LogP contribution is 2.47. The first-order valence-corrected chi connectivity index (χ1v) is 6.69. The molecule has 1 nitrogen and oxygen atoms in total. The summed E-state index contributed by atoms with van der Waals surface area (Å²) >= 11 is 0. The van der Waals surface area contributed by atoms with Gasteiger partial charge in [-0.2, -0.15) is 0 Å². The number of nitrogens with one attached hydrogen (secondary N) is 1. The van der Waals surface area contributed by atoms with Crippen molar-refractivity contribution in [3.05, 3.63) is 0 Å². The summed E-state index contributed by atoms with van der Waals surface area (Å²) in [6.07, 6.45) is 13.4. The molecule has 0 radical (unpaired) electrons. The fourth-order valence-electron chi connectivity index (χ4n) is 3.96. The van der Waals surface area contributed by atoms with Gasteiger partial charge in [0.25, 0.3) is 0 Å². The van der Waals surface area contributed by atoms with Gasteiger partial charge in [-0.3, -0.25) is 0 Å². The van der Waals surface area contributed by atoms with Gasteiger partial charge in [0.15, 0.2) is 0 Å². The van der Waals surface area contributed by atoms with Crippen LogP contribution in [0.3, 0.4) is 0 Å². The molecule has 0 amide bonds. The number of hydrogen-bond donors (Lipinski definition) is 1. The summed E-state index contributed by atoms with van der Waals surface area (Å²) in [5, 5.41) is 3.93. The van der Waals surface area contributed by atoms with Crippen molar-refractivity contribution < 1.29 is 0 Å². The molecule has 3 fully saturated rings. The summed E-state index contributed by atoms with van der Waals surface area (Å²) in [7, 11) is 0. The Morgan fingerprint density at radius 1 is 0.786 bits per heavy atom. The van der Waals surface area contributed by atoms with Crippen LogP contribution in [0, 0.1) is 11.8 Å². The third-order valence-electron chi connectivity index (χ3n) is 4.85. The molecule has 0 bridgehead atoms. The van der Waals surface area contributed by atoms with Gasteiger partial charge in [0.2, 0.25) is 0 Å². The van der Waals surface area contributed by atoms with E-state index in [4.69, 9.17) is 0 Å².